The van der Waals surface area contributed by atoms with Crippen LogP contribution in [0.25, 0.3) is 0 Å². The van der Waals surface area contributed by atoms with Gasteiger partial charge in [-0.05, 0) is 19.4 Å². The Morgan fingerprint density at radius 1 is 1.26 bits per heavy atom. The lowest BCUT2D eigenvalue weighted by atomic mass is 10.2. The molecule has 10 nitrogen and oxygen atoms in total. The van der Waals surface area contributed by atoms with Crippen LogP contribution in [0.4, 0.5) is 0 Å². The Hall–Kier alpha value is -3.30. The number of hydrogen-bond donors (Lipinski definition) is 0. The van der Waals surface area contributed by atoms with E-state index in [9.17, 15) is 4.79 Å². The molecule has 0 spiro atoms. The van der Waals surface area contributed by atoms with E-state index in [1.54, 1.807) is 34.2 Å². The Balaban J connectivity index is 1.62. The van der Waals surface area contributed by atoms with Gasteiger partial charge in [0.1, 0.15) is 11.4 Å². The number of carbonyl (C=O) groups excluding carboxylic acids is 1. The summed E-state index contributed by atoms with van der Waals surface area (Å²) in [4.78, 5) is 18.9. The van der Waals surface area contributed by atoms with E-state index in [4.69, 9.17) is 4.74 Å². The maximum atomic E-state index is 13.1. The quantitative estimate of drug-likeness (QED) is 0.667. The molecular weight excluding hydrogens is 348 g/mol. The third-order valence-electron chi connectivity index (χ3n) is 4.69. The number of ether oxygens (including phenoxy) is 1. The standard InChI is InChI=1S/C17H20N8O2/c1-12-8-19-21-25(12)10-14-15-11-23(6-3-7-24(15)22-20-14)17(26)13-4-5-18-9-16(13)27-2/h4-5,8-9H,3,6-7,10-11H2,1-2H3. The molecule has 0 aromatic carbocycles. The number of carbonyl (C=O) groups is 1. The molecule has 1 aliphatic rings. The number of amides is 1. The summed E-state index contributed by atoms with van der Waals surface area (Å²) < 4.78 is 8.94. The molecular formula is C17H20N8O2. The minimum atomic E-state index is -0.0909. The summed E-state index contributed by atoms with van der Waals surface area (Å²) in [5.74, 6) is 0.378. The van der Waals surface area contributed by atoms with Crippen molar-refractivity contribution in [2.75, 3.05) is 13.7 Å². The topological polar surface area (TPSA) is 104 Å². The Kier molecular flexibility index (Phi) is 4.53. The first-order valence-electron chi connectivity index (χ1n) is 8.71. The first-order valence-corrected chi connectivity index (χ1v) is 8.71. The summed E-state index contributed by atoms with van der Waals surface area (Å²) in [6.07, 6.45) is 5.65. The number of rotatable bonds is 4. The zero-order valence-electron chi connectivity index (χ0n) is 15.2. The van der Waals surface area contributed by atoms with Crippen molar-refractivity contribution in [1.29, 1.82) is 0 Å². The number of aromatic nitrogens is 7. The van der Waals surface area contributed by atoms with Gasteiger partial charge in [-0.15, -0.1) is 10.2 Å². The van der Waals surface area contributed by atoms with Crippen LogP contribution in [0, 0.1) is 6.92 Å². The third-order valence-corrected chi connectivity index (χ3v) is 4.69. The maximum absolute atomic E-state index is 13.1. The molecule has 3 aromatic rings. The number of pyridine rings is 1. The summed E-state index contributed by atoms with van der Waals surface area (Å²) in [7, 11) is 1.54. The lowest BCUT2D eigenvalue weighted by Crippen LogP contribution is -2.31. The van der Waals surface area contributed by atoms with E-state index in [0.717, 1.165) is 30.0 Å². The van der Waals surface area contributed by atoms with Crippen LogP contribution in [0.2, 0.25) is 0 Å². The van der Waals surface area contributed by atoms with Crippen LogP contribution in [0.1, 0.15) is 33.9 Å². The second-order valence-electron chi connectivity index (χ2n) is 6.40. The van der Waals surface area contributed by atoms with Gasteiger partial charge < -0.3 is 9.64 Å². The molecule has 0 atom stereocenters. The number of nitrogens with zero attached hydrogens (tertiary/aromatic N) is 8. The normalized spacial score (nSPS) is 13.9. The molecule has 4 rings (SSSR count). The molecule has 0 fully saturated rings. The molecule has 0 bridgehead atoms. The van der Waals surface area contributed by atoms with Crippen LogP contribution in [-0.2, 0) is 19.6 Å². The van der Waals surface area contributed by atoms with E-state index >= 15 is 0 Å². The highest BCUT2D eigenvalue weighted by molar-refractivity contribution is 5.96. The van der Waals surface area contributed by atoms with Crippen LogP contribution in [0.5, 0.6) is 5.75 Å². The molecule has 27 heavy (non-hydrogen) atoms. The van der Waals surface area contributed by atoms with Gasteiger partial charge >= 0.3 is 0 Å². The summed E-state index contributed by atoms with van der Waals surface area (Å²) in [5, 5.41) is 16.5. The van der Waals surface area contributed by atoms with E-state index in [2.05, 4.69) is 25.6 Å². The van der Waals surface area contributed by atoms with E-state index in [1.807, 2.05) is 11.6 Å². The first-order chi connectivity index (χ1) is 13.2. The highest BCUT2D eigenvalue weighted by Gasteiger charge is 2.26. The predicted molar refractivity (Wildman–Crippen MR) is 94.0 cm³/mol. The van der Waals surface area contributed by atoms with Gasteiger partial charge in [0.2, 0.25) is 0 Å². The van der Waals surface area contributed by atoms with E-state index in [0.29, 0.717) is 30.9 Å². The molecule has 0 saturated heterocycles. The average Bonchev–Trinajstić information content (AvgIpc) is 3.19. The van der Waals surface area contributed by atoms with Crippen molar-refractivity contribution < 1.29 is 9.53 Å². The molecule has 1 amide bonds. The highest BCUT2D eigenvalue weighted by atomic mass is 16.5. The third kappa shape index (κ3) is 3.25. The van der Waals surface area contributed by atoms with Crippen molar-refractivity contribution in [2.24, 2.45) is 0 Å². The van der Waals surface area contributed by atoms with E-state index in [-0.39, 0.29) is 5.91 Å². The molecule has 10 heteroatoms. The Morgan fingerprint density at radius 3 is 2.93 bits per heavy atom. The zero-order chi connectivity index (χ0) is 18.8. The summed E-state index contributed by atoms with van der Waals surface area (Å²) in [5.41, 5.74) is 3.16. The fourth-order valence-corrected chi connectivity index (χ4v) is 3.19. The second-order valence-corrected chi connectivity index (χ2v) is 6.40. The van der Waals surface area contributed by atoms with Crippen molar-refractivity contribution >= 4 is 5.91 Å². The summed E-state index contributed by atoms with van der Waals surface area (Å²) >= 11 is 0. The molecule has 0 unspecified atom stereocenters. The van der Waals surface area contributed by atoms with Crippen molar-refractivity contribution in [2.45, 2.75) is 33.0 Å². The number of methoxy groups -OCH3 is 1. The Morgan fingerprint density at radius 2 is 2.15 bits per heavy atom. The largest absolute Gasteiger partial charge is 0.494 e. The molecule has 1 aliphatic heterocycles. The predicted octanol–water partition coefficient (Wildman–Crippen LogP) is 0.676. The molecule has 0 radical (unpaired) electrons. The first kappa shape index (κ1) is 17.1. The number of hydrogen-bond acceptors (Lipinski definition) is 7. The van der Waals surface area contributed by atoms with Gasteiger partial charge in [-0.2, -0.15) is 0 Å². The molecule has 3 aromatic heterocycles. The number of aryl methyl sites for hydroxylation is 2. The Labute approximate surface area is 155 Å². The van der Waals surface area contributed by atoms with Crippen molar-refractivity contribution in [3.8, 4) is 5.75 Å². The zero-order valence-corrected chi connectivity index (χ0v) is 15.2. The molecule has 0 N–H and O–H groups in total. The van der Waals surface area contributed by atoms with Crippen molar-refractivity contribution in [3.63, 3.8) is 0 Å². The number of fused-ring (bicyclic) bond motifs is 1. The van der Waals surface area contributed by atoms with Gasteiger partial charge in [-0.25, -0.2) is 9.36 Å². The van der Waals surface area contributed by atoms with Crippen molar-refractivity contribution in [1.82, 2.24) is 39.9 Å². The van der Waals surface area contributed by atoms with Crippen LogP contribution in [-0.4, -0.2) is 59.4 Å². The van der Waals surface area contributed by atoms with E-state index < -0.39 is 0 Å². The van der Waals surface area contributed by atoms with Gasteiger partial charge in [0.15, 0.2) is 0 Å². The average molecular weight is 368 g/mol. The van der Waals surface area contributed by atoms with Gasteiger partial charge in [-0.1, -0.05) is 10.4 Å². The van der Waals surface area contributed by atoms with Gasteiger partial charge in [0.25, 0.3) is 5.91 Å². The van der Waals surface area contributed by atoms with E-state index in [1.165, 1.54) is 7.11 Å². The minimum Gasteiger partial charge on any atom is -0.494 e. The van der Waals surface area contributed by atoms with Gasteiger partial charge in [0, 0.05) is 19.3 Å². The summed E-state index contributed by atoms with van der Waals surface area (Å²) in [6.45, 7) is 4.20. The Bertz CT molecular complexity index is 964. The minimum absolute atomic E-state index is 0.0909. The van der Waals surface area contributed by atoms with Crippen molar-refractivity contribution in [3.05, 3.63) is 47.3 Å². The van der Waals surface area contributed by atoms with Gasteiger partial charge in [0.05, 0.1) is 49.5 Å². The second kappa shape index (κ2) is 7.14. The monoisotopic (exact) mass is 368 g/mol. The van der Waals surface area contributed by atoms with Crippen LogP contribution in [0.3, 0.4) is 0 Å². The smallest absolute Gasteiger partial charge is 0.258 e. The van der Waals surface area contributed by atoms with Crippen LogP contribution < -0.4 is 4.74 Å². The van der Waals surface area contributed by atoms with Gasteiger partial charge in [-0.3, -0.25) is 9.78 Å². The summed E-state index contributed by atoms with van der Waals surface area (Å²) in [6, 6.07) is 1.68. The molecule has 0 aliphatic carbocycles. The maximum Gasteiger partial charge on any atom is 0.258 e. The molecule has 4 heterocycles. The SMILES string of the molecule is COc1cnccc1C(=O)N1CCCn2nnc(Cn3nncc3C)c2C1. The fraction of sp³-hybridized carbons (Fsp3) is 0.412. The highest BCUT2D eigenvalue weighted by Crippen LogP contribution is 2.22. The van der Waals surface area contributed by atoms with Crippen LogP contribution >= 0.6 is 0 Å². The lowest BCUT2D eigenvalue weighted by Gasteiger charge is -2.21. The molecule has 140 valence electrons. The lowest BCUT2D eigenvalue weighted by molar-refractivity contribution is 0.0741. The fourth-order valence-electron chi connectivity index (χ4n) is 3.19. The molecule has 0 saturated carbocycles. The van der Waals surface area contributed by atoms with Crippen LogP contribution in [0.15, 0.2) is 24.7 Å².